The highest BCUT2D eigenvalue weighted by Crippen LogP contribution is 2.47. The molecule has 1 aliphatic carbocycles. The van der Waals surface area contributed by atoms with Crippen LogP contribution >= 0.6 is 0 Å². The zero-order valence-electron chi connectivity index (χ0n) is 17.3. The molecule has 0 bridgehead atoms. The Bertz CT molecular complexity index is 920. The van der Waals surface area contributed by atoms with Gasteiger partial charge in [0.1, 0.15) is 17.1 Å². The van der Waals surface area contributed by atoms with E-state index in [2.05, 4.69) is 49.4 Å². The van der Waals surface area contributed by atoms with Gasteiger partial charge >= 0.3 is 0 Å². The maximum absolute atomic E-state index is 13.3. The molecule has 28 heavy (non-hydrogen) atoms. The molecule has 2 aromatic rings. The number of ether oxygens (including phenoxy) is 1. The van der Waals surface area contributed by atoms with Crippen LogP contribution in [0.5, 0.6) is 0 Å². The first-order valence-corrected chi connectivity index (χ1v) is 10.1. The number of aryl methyl sites for hydroxylation is 1. The minimum atomic E-state index is -0.983. The summed E-state index contributed by atoms with van der Waals surface area (Å²) in [4.78, 5) is 26.6. The van der Waals surface area contributed by atoms with Gasteiger partial charge in [-0.15, -0.1) is 0 Å². The summed E-state index contributed by atoms with van der Waals surface area (Å²) in [7, 11) is 0. The molecule has 0 N–H and O–H groups in total. The molecule has 0 amide bonds. The third-order valence-electron chi connectivity index (χ3n) is 6.02. The predicted octanol–water partition coefficient (Wildman–Crippen LogP) is 5.35. The summed E-state index contributed by atoms with van der Waals surface area (Å²) in [6.45, 7) is 9.16. The lowest BCUT2D eigenvalue weighted by molar-refractivity contribution is -0.184. The Morgan fingerprint density at radius 1 is 0.786 bits per heavy atom. The normalized spacial score (nSPS) is 21.8. The topological polar surface area (TPSA) is 43.4 Å². The maximum Gasteiger partial charge on any atom is 0.179 e. The molecule has 2 aliphatic rings. The van der Waals surface area contributed by atoms with E-state index in [0.717, 1.165) is 35.1 Å². The van der Waals surface area contributed by atoms with Crippen molar-refractivity contribution in [3.05, 3.63) is 59.2 Å². The van der Waals surface area contributed by atoms with Gasteiger partial charge in [-0.25, -0.2) is 0 Å². The molecular formula is C25H28O3. The SMILES string of the molecule is Cc1ccc(-c2ccc(C3CC3)c(C3C(=O)C(C)(C)OC(C)(C)C3=O)c2)cc1. The summed E-state index contributed by atoms with van der Waals surface area (Å²) in [6.07, 6.45) is 2.24. The van der Waals surface area contributed by atoms with Crippen LogP contribution in [0.3, 0.4) is 0 Å². The monoisotopic (exact) mass is 376 g/mol. The fourth-order valence-corrected chi connectivity index (χ4v) is 4.35. The van der Waals surface area contributed by atoms with Crippen LogP contribution in [0.25, 0.3) is 11.1 Å². The molecule has 3 nitrogen and oxygen atoms in total. The Morgan fingerprint density at radius 3 is 1.86 bits per heavy atom. The fraction of sp³-hybridized carbons (Fsp3) is 0.440. The van der Waals surface area contributed by atoms with E-state index in [1.165, 1.54) is 5.56 Å². The van der Waals surface area contributed by atoms with Gasteiger partial charge in [0.2, 0.25) is 0 Å². The number of hydrogen-bond donors (Lipinski definition) is 0. The number of ketones is 2. The van der Waals surface area contributed by atoms with Crippen molar-refractivity contribution in [1.29, 1.82) is 0 Å². The van der Waals surface area contributed by atoms with E-state index < -0.39 is 17.1 Å². The van der Waals surface area contributed by atoms with E-state index in [1.54, 1.807) is 27.7 Å². The second-order valence-electron chi connectivity index (χ2n) is 9.27. The Kier molecular flexibility index (Phi) is 4.35. The number of carbonyl (C=O) groups is 2. The molecule has 0 aromatic heterocycles. The molecule has 0 radical (unpaired) electrons. The minimum Gasteiger partial charge on any atom is -0.354 e. The Hall–Kier alpha value is -2.26. The highest BCUT2D eigenvalue weighted by Gasteiger charge is 2.53. The van der Waals surface area contributed by atoms with Gasteiger partial charge in [0.05, 0.1) is 0 Å². The lowest BCUT2D eigenvalue weighted by atomic mass is 9.73. The van der Waals surface area contributed by atoms with Gasteiger partial charge in [-0.3, -0.25) is 9.59 Å². The van der Waals surface area contributed by atoms with E-state index in [0.29, 0.717) is 5.92 Å². The summed E-state index contributed by atoms with van der Waals surface area (Å²) >= 11 is 0. The summed E-state index contributed by atoms with van der Waals surface area (Å²) in [5, 5.41) is 0. The van der Waals surface area contributed by atoms with Crippen LogP contribution in [0.4, 0.5) is 0 Å². The van der Waals surface area contributed by atoms with E-state index in [9.17, 15) is 9.59 Å². The highest BCUT2D eigenvalue weighted by atomic mass is 16.5. The number of hydrogen-bond acceptors (Lipinski definition) is 3. The van der Waals surface area contributed by atoms with E-state index >= 15 is 0 Å². The van der Waals surface area contributed by atoms with Gasteiger partial charge < -0.3 is 4.74 Å². The number of Topliss-reactive ketones (excluding diaryl/α,β-unsaturated/α-hetero) is 2. The van der Waals surface area contributed by atoms with Gasteiger partial charge in [0.25, 0.3) is 0 Å². The van der Waals surface area contributed by atoms with Crippen LogP contribution in [0.1, 0.15) is 69.1 Å². The third kappa shape index (κ3) is 3.22. The molecule has 2 aromatic carbocycles. The van der Waals surface area contributed by atoms with Crippen molar-refractivity contribution in [2.45, 2.75) is 70.5 Å². The van der Waals surface area contributed by atoms with Crippen molar-refractivity contribution in [2.24, 2.45) is 0 Å². The second-order valence-corrected chi connectivity index (χ2v) is 9.27. The molecule has 1 heterocycles. The van der Waals surface area contributed by atoms with Gasteiger partial charge in [0, 0.05) is 0 Å². The van der Waals surface area contributed by atoms with E-state index in [4.69, 9.17) is 4.74 Å². The molecule has 1 saturated heterocycles. The molecule has 1 saturated carbocycles. The molecule has 4 rings (SSSR count). The smallest absolute Gasteiger partial charge is 0.179 e. The van der Waals surface area contributed by atoms with Crippen LogP contribution in [-0.4, -0.2) is 22.8 Å². The van der Waals surface area contributed by atoms with E-state index in [1.807, 2.05) is 0 Å². The maximum atomic E-state index is 13.3. The average molecular weight is 376 g/mol. The Balaban J connectivity index is 1.86. The first-order valence-electron chi connectivity index (χ1n) is 10.1. The van der Waals surface area contributed by atoms with Crippen LogP contribution in [-0.2, 0) is 14.3 Å². The van der Waals surface area contributed by atoms with Crippen LogP contribution in [0.15, 0.2) is 42.5 Å². The van der Waals surface area contributed by atoms with Crippen LogP contribution < -0.4 is 0 Å². The molecule has 0 spiro atoms. The van der Waals surface area contributed by atoms with Gasteiger partial charge in [-0.1, -0.05) is 42.0 Å². The Labute approximate surface area is 167 Å². The minimum absolute atomic E-state index is 0.139. The van der Waals surface area contributed by atoms with Gasteiger partial charge in [-0.05, 0) is 81.7 Å². The molecule has 0 atom stereocenters. The third-order valence-corrected chi connectivity index (χ3v) is 6.02. The molecule has 1 aliphatic heterocycles. The average Bonchev–Trinajstić information content (AvgIpc) is 3.45. The quantitative estimate of drug-likeness (QED) is 0.678. The number of benzene rings is 2. The van der Waals surface area contributed by atoms with Crippen molar-refractivity contribution >= 4 is 11.6 Å². The molecule has 2 fully saturated rings. The van der Waals surface area contributed by atoms with Gasteiger partial charge in [0.15, 0.2) is 11.6 Å². The molecule has 3 heteroatoms. The Morgan fingerprint density at radius 2 is 1.32 bits per heavy atom. The second kappa shape index (κ2) is 6.38. The number of carbonyl (C=O) groups excluding carboxylic acids is 2. The summed E-state index contributed by atoms with van der Waals surface area (Å²) in [5.41, 5.74) is 3.40. The molecular weight excluding hydrogens is 348 g/mol. The summed E-state index contributed by atoms with van der Waals surface area (Å²) < 4.78 is 5.88. The van der Waals surface area contributed by atoms with E-state index in [-0.39, 0.29) is 11.6 Å². The van der Waals surface area contributed by atoms with Crippen molar-refractivity contribution in [3.8, 4) is 11.1 Å². The zero-order chi connectivity index (χ0) is 20.3. The standard InChI is InChI=1S/C25H28O3/c1-15-6-8-16(9-7-15)18-12-13-19(17-10-11-17)20(14-18)21-22(26)24(2,3)28-25(4,5)23(21)27/h6-9,12-14,17,21H,10-11H2,1-5H3. The summed E-state index contributed by atoms with van der Waals surface area (Å²) in [6, 6.07) is 14.7. The van der Waals surface area contributed by atoms with Crippen LogP contribution in [0, 0.1) is 6.92 Å². The van der Waals surface area contributed by atoms with Crippen molar-refractivity contribution < 1.29 is 14.3 Å². The zero-order valence-corrected chi connectivity index (χ0v) is 17.3. The first-order chi connectivity index (χ1) is 13.1. The largest absolute Gasteiger partial charge is 0.354 e. The first kappa shape index (κ1) is 19.1. The predicted molar refractivity (Wildman–Crippen MR) is 111 cm³/mol. The lowest BCUT2D eigenvalue weighted by Gasteiger charge is -2.43. The number of rotatable bonds is 3. The summed E-state index contributed by atoms with van der Waals surface area (Å²) in [5.74, 6) is -0.587. The fourth-order valence-electron chi connectivity index (χ4n) is 4.35. The van der Waals surface area contributed by atoms with Crippen molar-refractivity contribution in [1.82, 2.24) is 0 Å². The van der Waals surface area contributed by atoms with Crippen molar-refractivity contribution in [2.75, 3.05) is 0 Å². The lowest BCUT2D eigenvalue weighted by Crippen LogP contribution is -2.58. The molecule has 146 valence electrons. The molecule has 0 unspecified atom stereocenters. The van der Waals surface area contributed by atoms with Gasteiger partial charge in [-0.2, -0.15) is 0 Å². The highest BCUT2D eigenvalue weighted by molar-refractivity contribution is 6.15. The van der Waals surface area contributed by atoms with Crippen molar-refractivity contribution in [3.63, 3.8) is 0 Å². The van der Waals surface area contributed by atoms with Crippen LogP contribution in [0.2, 0.25) is 0 Å².